The Labute approximate surface area is 85.5 Å². The predicted molar refractivity (Wildman–Crippen MR) is 57.3 cm³/mol. The fourth-order valence-electron chi connectivity index (χ4n) is 2.14. The van der Waals surface area contributed by atoms with Gasteiger partial charge < -0.3 is 9.88 Å². The lowest BCUT2D eigenvalue weighted by atomic mass is 9.90. The maximum absolute atomic E-state index is 4.47. The zero-order valence-corrected chi connectivity index (χ0v) is 9.03. The van der Waals surface area contributed by atoms with Crippen LogP contribution in [0.4, 0.5) is 0 Å². The lowest BCUT2D eigenvalue weighted by Crippen LogP contribution is -2.33. The standard InChI is InChI=1S/C11H19N3/c1-3-14-7-11(13-8-14)10-4-9(2)5-12-6-10/h7-10,12H,3-6H2,1-2H3. The number of nitrogens with zero attached hydrogens (tertiary/aromatic N) is 2. The number of aryl methyl sites for hydroxylation is 1. The molecule has 0 aromatic carbocycles. The summed E-state index contributed by atoms with van der Waals surface area (Å²) in [7, 11) is 0. The van der Waals surface area contributed by atoms with E-state index in [0.717, 1.165) is 25.6 Å². The van der Waals surface area contributed by atoms with E-state index >= 15 is 0 Å². The third-order valence-corrected chi connectivity index (χ3v) is 3.01. The summed E-state index contributed by atoms with van der Waals surface area (Å²) in [5.41, 5.74) is 1.26. The van der Waals surface area contributed by atoms with Gasteiger partial charge in [-0.3, -0.25) is 0 Å². The summed E-state index contributed by atoms with van der Waals surface area (Å²) in [6.07, 6.45) is 5.40. The normalized spacial score (nSPS) is 27.9. The second-order valence-electron chi connectivity index (χ2n) is 4.33. The van der Waals surface area contributed by atoms with Gasteiger partial charge in [0.1, 0.15) is 0 Å². The number of aromatic nitrogens is 2. The van der Waals surface area contributed by atoms with Gasteiger partial charge in [-0.15, -0.1) is 0 Å². The topological polar surface area (TPSA) is 29.9 Å². The minimum absolute atomic E-state index is 0.617. The van der Waals surface area contributed by atoms with Gasteiger partial charge in [0.25, 0.3) is 0 Å². The van der Waals surface area contributed by atoms with Crippen LogP contribution >= 0.6 is 0 Å². The number of imidazole rings is 1. The zero-order chi connectivity index (χ0) is 9.97. The molecular weight excluding hydrogens is 174 g/mol. The first-order valence-electron chi connectivity index (χ1n) is 5.52. The van der Waals surface area contributed by atoms with Crippen LogP contribution in [0.25, 0.3) is 0 Å². The van der Waals surface area contributed by atoms with Crippen LogP contribution in [0.1, 0.15) is 31.9 Å². The van der Waals surface area contributed by atoms with Gasteiger partial charge in [-0.2, -0.15) is 0 Å². The van der Waals surface area contributed by atoms with Crippen molar-refractivity contribution in [3.05, 3.63) is 18.2 Å². The molecule has 1 aromatic heterocycles. The maximum Gasteiger partial charge on any atom is 0.0949 e. The number of piperidine rings is 1. The van der Waals surface area contributed by atoms with E-state index in [1.54, 1.807) is 0 Å². The fraction of sp³-hybridized carbons (Fsp3) is 0.727. The van der Waals surface area contributed by atoms with E-state index in [1.165, 1.54) is 12.1 Å². The summed E-state index contributed by atoms with van der Waals surface area (Å²) >= 11 is 0. The molecule has 0 radical (unpaired) electrons. The quantitative estimate of drug-likeness (QED) is 0.773. The van der Waals surface area contributed by atoms with Crippen LogP contribution in [0.15, 0.2) is 12.5 Å². The molecule has 1 aliphatic heterocycles. The average Bonchev–Trinajstić information content (AvgIpc) is 2.66. The molecule has 0 aliphatic carbocycles. The Morgan fingerprint density at radius 1 is 1.57 bits per heavy atom. The van der Waals surface area contributed by atoms with Crippen molar-refractivity contribution in [1.82, 2.24) is 14.9 Å². The van der Waals surface area contributed by atoms with Gasteiger partial charge in [-0.25, -0.2) is 4.98 Å². The number of hydrogen-bond donors (Lipinski definition) is 1. The van der Waals surface area contributed by atoms with Gasteiger partial charge in [-0.1, -0.05) is 6.92 Å². The van der Waals surface area contributed by atoms with E-state index in [-0.39, 0.29) is 0 Å². The highest BCUT2D eigenvalue weighted by Gasteiger charge is 2.21. The Kier molecular flexibility index (Phi) is 2.87. The lowest BCUT2D eigenvalue weighted by Gasteiger charge is -2.26. The van der Waals surface area contributed by atoms with E-state index in [4.69, 9.17) is 0 Å². The fourth-order valence-corrected chi connectivity index (χ4v) is 2.14. The molecule has 3 nitrogen and oxygen atoms in total. The molecule has 0 saturated carbocycles. The smallest absolute Gasteiger partial charge is 0.0949 e. The lowest BCUT2D eigenvalue weighted by molar-refractivity contribution is 0.360. The van der Waals surface area contributed by atoms with E-state index < -0.39 is 0 Å². The van der Waals surface area contributed by atoms with Crippen LogP contribution in [-0.4, -0.2) is 22.6 Å². The summed E-state index contributed by atoms with van der Waals surface area (Å²) in [4.78, 5) is 4.47. The second kappa shape index (κ2) is 4.13. The molecule has 1 aliphatic rings. The molecule has 0 bridgehead atoms. The third kappa shape index (κ3) is 1.98. The van der Waals surface area contributed by atoms with Gasteiger partial charge in [0.05, 0.1) is 12.0 Å². The highest BCUT2D eigenvalue weighted by molar-refractivity contribution is 5.07. The Balaban J connectivity index is 2.06. The van der Waals surface area contributed by atoms with Crippen LogP contribution < -0.4 is 5.32 Å². The van der Waals surface area contributed by atoms with Gasteiger partial charge in [0, 0.05) is 25.2 Å². The molecule has 1 fully saturated rings. The highest BCUT2D eigenvalue weighted by Crippen LogP contribution is 2.24. The molecule has 1 saturated heterocycles. The highest BCUT2D eigenvalue weighted by atomic mass is 15.0. The van der Waals surface area contributed by atoms with Gasteiger partial charge in [-0.05, 0) is 25.8 Å². The van der Waals surface area contributed by atoms with Crippen molar-refractivity contribution in [3.8, 4) is 0 Å². The molecule has 0 spiro atoms. The van der Waals surface area contributed by atoms with Crippen molar-refractivity contribution in [2.24, 2.45) is 5.92 Å². The Bertz CT molecular complexity index is 292. The van der Waals surface area contributed by atoms with Crippen LogP contribution in [0.2, 0.25) is 0 Å². The van der Waals surface area contributed by atoms with E-state index in [1.807, 2.05) is 6.33 Å². The average molecular weight is 193 g/mol. The summed E-state index contributed by atoms with van der Waals surface area (Å²) in [5.74, 6) is 1.40. The maximum atomic E-state index is 4.47. The van der Waals surface area contributed by atoms with Gasteiger partial charge in [0.2, 0.25) is 0 Å². The Morgan fingerprint density at radius 3 is 3.07 bits per heavy atom. The molecular formula is C11H19N3. The van der Waals surface area contributed by atoms with E-state index in [9.17, 15) is 0 Å². The molecule has 1 aromatic rings. The van der Waals surface area contributed by atoms with Crippen molar-refractivity contribution in [2.45, 2.75) is 32.7 Å². The van der Waals surface area contributed by atoms with Crippen molar-refractivity contribution in [3.63, 3.8) is 0 Å². The zero-order valence-electron chi connectivity index (χ0n) is 9.03. The molecule has 2 unspecified atom stereocenters. The minimum Gasteiger partial charge on any atom is -0.337 e. The number of rotatable bonds is 2. The van der Waals surface area contributed by atoms with Crippen molar-refractivity contribution < 1.29 is 0 Å². The molecule has 1 N–H and O–H groups in total. The minimum atomic E-state index is 0.617. The van der Waals surface area contributed by atoms with Crippen molar-refractivity contribution in [2.75, 3.05) is 13.1 Å². The number of hydrogen-bond acceptors (Lipinski definition) is 2. The first kappa shape index (κ1) is 9.71. The van der Waals surface area contributed by atoms with Crippen LogP contribution in [0, 0.1) is 5.92 Å². The van der Waals surface area contributed by atoms with Crippen molar-refractivity contribution in [1.29, 1.82) is 0 Å². The van der Waals surface area contributed by atoms with Crippen LogP contribution in [0.3, 0.4) is 0 Å². The molecule has 78 valence electrons. The third-order valence-electron chi connectivity index (χ3n) is 3.01. The second-order valence-corrected chi connectivity index (χ2v) is 4.33. The Morgan fingerprint density at radius 2 is 2.43 bits per heavy atom. The molecule has 2 heterocycles. The van der Waals surface area contributed by atoms with Gasteiger partial charge in [0.15, 0.2) is 0 Å². The summed E-state index contributed by atoms with van der Waals surface area (Å²) < 4.78 is 2.15. The summed E-state index contributed by atoms with van der Waals surface area (Å²) in [6.45, 7) is 7.71. The van der Waals surface area contributed by atoms with Crippen molar-refractivity contribution >= 4 is 0 Å². The molecule has 3 heteroatoms. The van der Waals surface area contributed by atoms with Gasteiger partial charge >= 0.3 is 0 Å². The van der Waals surface area contributed by atoms with Crippen LogP contribution in [-0.2, 0) is 6.54 Å². The summed E-state index contributed by atoms with van der Waals surface area (Å²) in [5, 5.41) is 3.46. The SMILES string of the molecule is CCn1cnc(C2CNCC(C)C2)c1. The van der Waals surface area contributed by atoms with E-state index in [0.29, 0.717) is 5.92 Å². The number of nitrogens with one attached hydrogen (secondary N) is 1. The first-order chi connectivity index (χ1) is 6.79. The monoisotopic (exact) mass is 193 g/mol. The summed E-state index contributed by atoms with van der Waals surface area (Å²) in [6, 6.07) is 0. The largest absolute Gasteiger partial charge is 0.337 e. The first-order valence-corrected chi connectivity index (χ1v) is 5.52. The molecule has 2 rings (SSSR count). The van der Waals surface area contributed by atoms with E-state index in [2.05, 4.69) is 34.9 Å². The molecule has 14 heavy (non-hydrogen) atoms. The molecule has 0 amide bonds. The van der Waals surface area contributed by atoms with Crippen LogP contribution in [0.5, 0.6) is 0 Å². The predicted octanol–water partition coefficient (Wildman–Crippen LogP) is 1.62. The Hall–Kier alpha value is -0.830. The molecule has 2 atom stereocenters.